The van der Waals surface area contributed by atoms with E-state index in [0.717, 1.165) is 5.75 Å². The van der Waals surface area contributed by atoms with Crippen molar-refractivity contribution in [2.24, 2.45) is 0 Å². The van der Waals surface area contributed by atoms with Crippen LogP contribution in [-0.2, 0) is 0 Å². The molecule has 16 heavy (non-hydrogen) atoms. The first-order valence-electron chi connectivity index (χ1n) is 4.93. The number of hydrogen-bond acceptors (Lipinski definition) is 5. The van der Waals surface area contributed by atoms with Gasteiger partial charge in [0.2, 0.25) is 0 Å². The summed E-state index contributed by atoms with van der Waals surface area (Å²) >= 11 is 0. The highest BCUT2D eigenvalue weighted by atomic mass is 16.5. The number of hydrogen-bond donors (Lipinski definition) is 4. The molecule has 0 saturated heterocycles. The molecule has 1 rings (SSSR count). The maximum absolute atomic E-state index is 8.40. The molecule has 0 saturated carbocycles. The summed E-state index contributed by atoms with van der Waals surface area (Å²) in [5.41, 5.74) is 0. The van der Waals surface area contributed by atoms with Crippen molar-refractivity contribution < 1.29 is 25.2 Å². The summed E-state index contributed by atoms with van der Waals surface area (Å²) in [5, 5.41) is 32.4. The fourth-order valence-corrected chi connectivity index (χ4v) is 0.738. The van der Waals surface area contributed by atoms with Crippen LogP contribution in [0.4, 0.5) is 0 Å². The van der Waals surface area contributed by atoms with Crippen LogP contribution in [0.25, 0.3) is 0 Å². The van der Waals surface area contributed by atoms with E-state index in [1.165, 1.54) is 0 Å². The first kappa shape index (κ1) is 14.9. The Balaban J connectivity index is 0.000000325. The second-order valence-electron chi connectivity index (χ2n) is 2.90. The summed E-state index contributed by atoms with van der Waals surface area (Å²) in [4.78, 5) is 0. The molecule has 5 nitrogen and oxygen atoms in total. The van der Waals surface area contributed by atoms with E-state index in [-0.39, 0.29) is 19.8 Å². The summed E-state index contributed by atoms with van der Waals surface area (Å²) in [5.74, 6) is 0.802. The van der Waals surface area contributed by atoms with Gasteiger partial charge in [-0.1, -0.05) is 18.2 Å². The zero-order valence-electron chi connectivity index (χ0n) is 8.99. The maximum atomic E-state index is 8.40. The van der Waals surface area contributed by atoms with E-state index in [0.29, 0.717) is 6.61 Å². The van der Waals surface area contributed by atoms with E-state index in [1.807, 2.05) is 30.3 Å². The highest BCUT2D eigenvalue weighted by Gasteiger charge is 1.93. The van der Waals surface area contributed by atoms with Crippen molar-refractivity contribution in [1.29, 1.82) is 0 Å². The average molecular weight is 230 g/mol. The molecule has 4 N–H and O–H groups in total. The predicted molar refractivity (Wildman–Crippen MR) is 59.2 cm³/mol. The lowest BCUT2D eigenvalue weighted by atomic mass is 10.3. The van der Waals surface area contributed by atoms with E-state index >= 15 is 0 Å². The molecule has 92 valence electrons. The second kappa shape index (κ2) is 10.4. The van der Waals surface area contributed by atoms with Gasteiger partial charge >= 0.3 is 0 Å². The molecule has 0 aliphatic rings. The highest BCUT2D eigenvalue weighted by Crippen LogP contribution is 2.06. The molecule has 0 aliphatic carbocycles. The molecule has 5 heteroatoms. The molecule has 0 radical (unpaired) electrons. The topological polar surface area (TPSA) is 90.2 Å². The largest absolute Gasteiger partial charge is 0.491 e. The molecule has 0 spiro atoms. The lowest BCUT2D eigenvalue weighted by molar-refractivity contribution is 0.0450. The molecule has 0 unspecified atom stereocenters. The predicted octanol–water partition coefficient (Wildman–Crippen LogP) is -0.610. The summed E-state index contributed by atoms with van der Waals surface area (Å²) in [7, 11) is 0. The Hall–Kier alpha value is -1.14. The molecule has 0 aliphatic heterocycles. The maximum Gasteiger partial charge on any atom is 0.119 e. The average Bonchev–Trinajstić information content (AvgIpc) is 2.37. The monoisotopic (exact) mass is 230 g/mol. The molecule has 1 aromatic rings. The van der Waals surface area contributed by atoms with Crippen molar-refractivity contribution >= 4 is 0 Å². The molecular weight excluding hydrogens is 212 g/mol. The Labute approximate surface area is 94.6 Å². The van der Waals surface area contributed by atoms with Gasteiger partial charge in [0.1, 0.15) is 18.5 Å². The van der Waals surface area contributed by atoms with Crippen LogP contribution in [0, 0.1) is 0 Å². The quantitative estimate of drug-likeness (QED) is 0.542. The van der Waals surface area contributed by atoms with Crippen molar-refractivity contribution in [2.75, 3.05) is 26.4 Å². The summed E-state index contributed by atoms with van der Waals surface area (Å²) in [6.07, 6.45) is -0.954. The third-order valence-electron chi connectivity index (χ3n) is 1.52. The minimum Gasteiger partial charge on any atom is -0.491 e. The summed E-state index contributed by atoms with van der Waals surface area (Å²) < 4.78 is 5.11. The normalized spacial score (nSPS) is 9.56. The van der Waals surface area contributed by atoms with Gasteiger partial charge in [0.15, 0.2) is 0 Å². The number of rotatable bonds is 5. The first-order valence-corrected chi connectivity index (χ1v) is 4.93. The molecule has 0 bridgehead atoms. The van der Waals surface area contributed by atoms with Crippen LogP contribution in [0.15, 0.2) is 30.3 Å². The summed E-state index contributed by atoms with van der Waals surface area (Å²) in [6.45, 7) is -0.300. The van der Waals surface area contributed by atoms with E-state index in [2.05, 4.69) is 0 Å². The van der Waals surface area contributed by atoms with Crippen LogP contribution in [0.1, 0.15) is 0 Å². The van der Waals surface area contributed by atoms with Crippen molar-refractivity contribution in [3.05, 3.63) is 30.3 Å². The molecule has 1 aromatic carbocycles. The van der Waals surface area contributed by atoms with E-state index in [1.54, 1.807) is 0 Å². The van der Waals surface area contributed by atoms with Gasteiger partial charge in [-0.15, -0.1) is 0 Å². The molecule has 0 atom stereocenters. The first-order chi connectivity index (χ1) is 7.74. The van der Waals surface area contributed by atoms with Crippen molar-refractivity contribution in [3.63, 3.8) is 0 Å². The SMILES string of the molecule is OCC(O)CO.OCCOc1ccccc1. The van der Waals surface area contributed by atoms with Crippen LogP contribution in [-0.4, -0.2) is 53.0 Å². The lowest BCUT2D eigenvalue weighted by Gasteiger charge is -2.01. The fourth-order valence-electron chi connectivity index (χ4n) is 0.738. The summed E-state index contributed by atoms with van der Waals surface area (Å²) in [6, 6.07) is 9.43. The number of benzene rings is 1. The molecule has 0 heterocycles. The Morgan fingerprint density at radius 2 is 1.56 bits per heavy atom. The zero-order valence-corrected chi connectivity index (χ0v) is 8.99. The lowest BCUT2D eigenvalue weighted by Crippen LogP contribution is -2.15. The number of para-hydroxylation sites is 1. The van der Waals surface area contributed by atoms with Gasteiger partial charge < -0.3 is 25.2 Å². The Bertz CT molecular complexity index is 235. The Morgan fingerprint density at radius 1 is 1.00 bits per heavy atom. The van der Waals surface area contributed by atoms with Crippen LogP contribution in [0.3, 0.4) is 0 Å². The molecular formula is C11H18O5. The van der Waals surface area contributed by atoms with Gasteiger partial charge in [-0.05, 0) is 12.1 Å². The van der Waals surface area contributed by atoms with E-state index in [9.17, 15) is 0 Å². The van der Waals surface area contributed by atoms with Gasteiger partial charge in [-0.2, -0.15) is 0 Å². The van der Waals surface area contributed by atoms with Crippen LogP contribution in [0.2, 0.25) is 0 Å². The Kier molecular flexibility index (Phi) is 9.64. The zero-order chi connectivity index (χ0) is 12.2. The van der Waals surface area contributed by atoms with Gasteiger partial charge in [0.25, 0.3) is 0 Å². The third kappa shape index (κ3) is 8.19. The van der Waals surface area contributed by atoms with E-state index < -0.39 is 6.10 Å². The minimum atomic E-state index is -0.954. The molecule has 0 fully saturated rings. The van der Waals surface area contributed by atoms with Crippen molar-refractivity contribution in [3.8, 4) is 5.75 Å². The fraction of sp³-hybridized carbons (Fsp3) is 0.455. The third-order valence-corrected chi connectivity index (χ3v) is 1.52. The van der Waals surface area contributed by atoms with Gasteiger partial charge in [-0.3, -0.25) is 0 Å². The molecule has 0 aromatic heterocycles. The van der Waals surface area contributed by atoms with Crippen LogP contribution in [0.5, 0.6) is 5.75 Å². The second-order valence-corrected chi connectivity index (χ2v) is 2.90. The number of aliphatic hydroxyl groups excluding tert-OH is 4. The number of ether oxygens (including phenoxy) is 1. The number of aliphatic hydroxyl groups is 4. The van der Waals surface area contributed by atoms with E-state index in [4.69, 9.17) is 25.2 Å². The highest BCUT2D eigenvalue weighted by molar-refractivity contribution is 5.20. The van der Waals surface area contributed by atoms with Gasteiger partial charge in [0.05, 0.1) is 19.8 Å². The van der Waals surface area contributed by atoms with Crippen molar-refractivity contribution in [1.82, 2.24) is 0 Å². The van der Waals surface area contributed by atoms with Gasteiger partial charge in [-0.25, -0.2) is 0 Å². The smallest absolute Gasteiger partial charge is 0.119 e. The standard InChI is InChI=1S/C8H10O2.C3H8O3/c9-6-7-10-8-4-2-1-3-5-8;4-1-3(6)2-5/h1-5,9H,6-7H2;3-6H,1-2H2. The molecule has 0 amide bonds. The minimum absolute atomic E-state index is 0.0644. The van der Waals surface area contributed by atoms with Crippen molar-refractivity contribution in [2.45, 2.75) is 6.10 Å². The Morgan fingerprint density at radius 3 is 1.94 bits per heavy atom. The van der Waals surface area contributed by atoms with Crippen LogP contribution >= 0.6 is 0 Å². The van der Waals surface area contributed by atoms with Gasteiger partial charge in [0, 0.05) is 0 Å². The van der Waals surface area contributed by atoms with Crippen LogP contribution < -0.4 is 4.74 Å².